The highest BCUT2D eigenvalue weighted by Gasteiger charge is 2.47. The van der Waals surface area contributed by atoms with Crippen LogP contribution in [0, 0.1) is 5.41 Å². The van der Waals surface area contributed by atoms with Crippen LogP contribution in [0.15, 0.2) is 48.5 Å². The number of rotatable bonds is 9. The van der Waals surface area contributed by atoms with E-state index >= 15 is 0 Å². The fourth-order valence-corrected chi connectivity index (χ4v) is 5.74. The first-order chi connectivity index (χ1) is 16.8. The van der Waals surface area contributed by atoms with Gasteiger partial charge in [-0.05, 0) is 60.4 Å². The SMILES string of the molecule is CSCC[C@@H](NC(=O)C1(C)CCCC1NC(=O)OCC1c2ccccc2-c2ccccc21)C(=O)O. The molecule has 8 heteroatoms. The molecule has 2 aromatic rings. The topological polar surface area (TPSA) is 105 Å². The molecule has 186 valence electrons. The average molecular weight is 497 g/mol. The average Bonchev–Trinajstić information content (AvgIpc) is 3.38. The molecule has 7 nitrogen and oxygen atoms in total. The molecule has 1 saturated carbocycles. The number of carbonyl (C=O) groups is 3. The molecule has 0 saturated heterocycles. The maximum absolute atomic E-state index is 13.1. The van der Waals surface area contributed by atoms with Gasteiger partial charge in [-0.25, -0.2) is 9.59 Å². The number of aliphatic carboxylic acids is 1. The zero-order valence-electron chi connectivity index (χ0n) is 20.1. The van der Waals surface area contributed by atoms with Crippen molar-refractivity contribution in [2.75, 3.05) is 18.6 Å². The summed E-state index contributed by atoms with van der Waals surface area (Å²) in [5, 5.41) is 15.1. The third kappa shape index (κ3) is 5.17. The minimum atomic E-state index is -1.05. The van der Waals surface area contributed by atoms with Crippen LogP contribution in [-0.2, 0) is 14.3 Å². The summed E-state index contributed by atoms with van der Waals surface area (Å²) in [7, 11) is 0. The second-order valence-corrected chi connectivity index (χ2v) is 10.5. The lowest BCUT2D eigenvalue weighted by atomic mass is 9.83. The second kappa shape index (κ2) is 10.7. The van der Waals surface area contributed by atoms with Gasteiger partial charge in [0.15, 0.2) is 0 Å². The fourth-order valence-electron chi connectivity index (χ4n) is 5.27. The number of hydrogen-bond acceptors (Lipinski definition) is 5. The zero-order valence-corrected chi connectivity index (χ0v) is 20.9. The van der Waals surface area contributed by atoms with E-state index in [1.165, 1.54) is 11.8 Å². The van der Waals surface area contributed by atoms with Crippen molar-refractivity contribution in [2.24, 2.45) is 5.41 Å². The van der Waals surface area contributed by atoms with Crippen LogP contribution in [0.2, 0.25) is 0 Å². The molecule has 2 amide bonds. The van der Waals surface area contributed by atoms with Gasteiger partial charge in [-0.15, -0.1) is 0 Å². The Bertz CT molecular complexity index is 1060. The van der Waals surface area contributed by atoms with Crippen LogP contribution in [0.1, 0.15) is 49.7 Å². The monoisotopic (exact) mass is 496 g/mol. The Morgan fingerprint density at radius 2 is 1.74 bits per heavy atom. The predicted octanol–water partition coefficient (Wildman–Crippen LogP) is 4.41. The van der Waals surface area contributed by atoms with Gasteiger partial charge in [-0.2, -0.15) is 11.8 Å². The Balaban J connectivity index is 1.39. The van der Waals surface area contributed by atoms with Crippen LogP contribution >= 0.6 is 11.8 Å². The summed E-state index contributed by atoms with van der Waals surface area (Å²) < 4.78 is 5.67. The molecular formula is C27H32N2O5S. The highest BCUT2D eigenvalue weighted by Crippen LogP contribution is 2.44. The molecule has 0 aromatic heterocycles. The van der Waals surface area contributed by atoms with Gasteiger partial charge < -0.3 is 20.5 Å². The minimum absolute atomic E-state index is 0.0424. The summed E-state index contributed by atoms with van der Waals surface area (Å²) in [5.41, 5.74) is 3.70. The van der Waals surface area contributed by atoms with E-state index in [1.807, 2.05) is 30.5 Å². The molecule has 3 atom stereocenters. The van der Waals surface area contributed by atoms with Crippen molar-refractivity contribution in [3.8, 4) is 11.1 Å². The summed E-state index contributed by atoms with van der Waals surface area (Å²) in [5.74, 6) is -0.795. The van der Waals surface area contributed by atoms with Gasteiger partial charge in [0, 0.05) is 12.0 Å². The van der Waals surface area contributed by atoms with Crippen molar-refractivity contribution in [3.05, 3.63) is 59.7 Å². The number of ether oxygens (including phenoxy) is 1. The van der Waals surface area contributed by atoms with Crippen LogP contribution in [-0.4, -0.2) is 53.8 Å². The number of benzene rings is 2. The first-order valence-electron chi connectivity index (χ1n) is 12.0. The smallest absolute Gasteiger partial charge is 0.407 e. The molecule has 2 aromatic carbocycles. The van der Waals surface area contributed by atoms with Crippen LogP contribution in [0.4, 0.5) is 4.79 Å². The maximum atomic E-state index is 13.1. The van der Waals surface area contributed by atoms with E-state index in [9.17, 15) is 19.5 Å². The molecule has 1 fully saturated rings. The van der Waals surface area contributed by atoms with Crippen molar-refractivity contribution in [1.29, 1.82) is 0 Å². The summed E-state index contributed by atoms with van der Waals surface area (Å²) in [6.45, 7) is 1.99. The summed E-state index contributed by atoms with van der Waals surface area (Å²) >= 11 is 1.53. The number of carboxylic acids is 1. The van der Waals surface area contributed by atoms with Crippen molar-refractivity contribution < 1.29 is 24.2 Å². The Morgan fingerprint density at radius 1 is 1.11 bits per heavy atom. The van der Waals surface area contributed by atoms with E-state index in [-0.39, 0.29) is 18.4 Å². The van der Waals surface area contributed by atoms with Gasteiger partial charge in [0.2, 0.25) is 5.91 Å². The molecule has 2 unspecified atom stereocenters. The summed E-state index contributed by atoms with van der Waals surface area (Å²) in [4.78, 5) is 37.5. The van der Waals surface area contributed by atoms with Crippen molar-refractivity contribution in [1.82, 2.24) is 10.6 Å². The Morgan fingerprint density at radius 3 is 2.34 bits per heavy atom. The summed E-state index contributed by atoms with van der Waals surface area (Å²) in [6.07, 6.45) is 3.66. The van der Waals surface area contributed by atoms with E-state index in [1.54, 1.807) is 6.92 Å². The van der Waals surface area contributed by atoms with Crippen molar-refractivity contribution in [3.63, 3.8) is 0 Å². The van der Waals surface area contributed by atoms with Gasteiger partial charge in [-0.1, -0.05) is 55.0 Å². The van der Waals surface area contributed by atoms with Gasteiger partial charge in [0.25, 0.3) is 0 Å². The molecule has 2 aliphatic carbocycles. The number of hydrogen-bond donors (Lipinski definition) is 3. The van der Waals surface area contributed by atoms with Crippen LogP contribution < -0.4 is 10.6 Å². The Kier molecular flexibility index (Phi) is 7.69. The molecule has 4 rings (SSSR count). The molecular weight excluding hydrogens is 464 g/mol. The van der Waals surface area contributed by atoms with E-state index in [0.717, 1.165) is 28.7 Å². The molecule has 0 radical (unpaired) electrons. The first-order valence-corrected chi connectivity index (χ1v) is 13.4. The molecule has 0 spiro atoms. The van der Waals surface area contributed by atoms with Gasteiger partial charge in [0.05, 0.1) is 5.41 Å². The fraction of sp³-hybridized carbons (Fsp3) is 0.444. The lowest BCUT2D eigenvalue weighted by molar-refractivity contribution is -0.144. The van der Waals surface area contributed by atoms with Gasteiger partial charge in [-0.3, -0.25) is 4.79 Å². The second-order valence-electron chi connectivity index (χ2n) is 9.48. The highest BCUT2D eigenvalue weighted by atomic mass is 32.2. The zero-order chi connectivity index (χ0) is 25.0. The molecule has 2 aliphatic rings. The van der Waals surface area contributed by atoms with Gasteiger partial charge >= 0.3 is 12.1 Å². The Hall–Kier alpha value is -3.00. The van der Waals surface area contributed by atoms with Crippen LogP contribution in [0.5, 0.6) is 0 Å². The number of thioether (sulfide) groups is 1. The minimum Gasteiger partial charge on any atom is -0.480 e. The number of amides is 2. The van der Waals surface area contributed by atoms with Crippen LogP contribution in [0.25, 0.3) is 11.1 Å². The van der Waals surface area contributed by atoms with Gasteiger partial charge in [0.1, 0.15) is 12.6 Å². The molecule has 0 heterocycles. The quantitative estimate of drug-likeness (QED) is 0.475. The number of fused-ring (bicyclic) bond motifs is 3. The molecule has 3 N–H and O–H groups in total. The third-order valence-corrected chi connectivity index (χ3v) is 7.97. The molecule has 0 aliphatic heterocycles. The van der Waals surface area contributed by atoms with E-state index in [4.69, 9.17) is 4.74 Å². The number of alkyl carbamates (subject to hydrolysis) is 1. The number of carboxylic acid groups (broad SMARTS) is 1. The van der Waals surface area contributed by atoms with E-state index < -0.39 is 29.6 Å². The lowest BCUT2D eigenvalue weighted by Gasteiger charge is -2.32. The number of carbonyl (C=O) groups excluding carboxylic acids is 2. The van der Waals surface area contributed by atoms with E-state index in [0.29, 0.717) is 25.0 Å². The molecule has 35 heavy (non-hydrogen) atoms. The molecule has 0 bridgehead atoms. The predicted molar refractivity (Wildman–Crippen MR) is 137 cm³/mol. The van der Waals surface area contributed by atoms with Crippen molar-refractivity contribution >= 4 is 29.7 Å². The largest absolute Gasteiger partial charge is 0.480 e. The van der Waals surface area contributed by atoms with E-state index in [2.05, 4.69) is 34.9 Å². The third-order valence-electron chi connectivity index (χ3n) is 7.33. The first kappa shape index (κ1) is 25.1. The standard InChI is InChI=1S/C27H32N2O5S/c1-27(25(32)28-22(24(30)31)13-15-35-2)14-7-12-23(27)29-26(33)34-16-21-19-10-5-3-8-17(19)18-9-4-6-11-20(18)21/h3-6,8-11,21-23H,7,12-16H2,1-2H3,(H,28,32)(H,29,33)(H,30,31)/t22-,23?,27?/m1/s1. The number of nitrogens with one attached hydrogen (secondary N) is 2. The Labute approximate surface area is 210 Å². The van der Waals surface area contributed by atoms with Crippen molar-refractivity contribution in [2.45, 2.75) is 50.6 Å². The lowest BCUT2D eigenvalue weighted by Crippen LogP contribution is -2.54. The summed E-state index contributed by atoms with van der Waals surface area (Å²) in [6, 6.07) is 14.9. The maximum Gasteiger partial charge on any atom is 0.407 e. The normalized spacial score (nSPS) is 21.6. The van der Waals surface area contributed by atoms with Crippen LogP contribution in [0.3, 0.4) is 0 Å². The highest BCUT2D eigenvalue weighted by molar-refractivity contribution is 7.98.